The highest BCUT2D eigenvalue weighted by Gasteiger charge is 2.24. The Bertz CT molecular complexity index is 760. The van der Waals surface area contributed by atoms with Crippen molar-refractivity contribution in [2.45, 2.75) is 6.54 Å². The highest BCUT2D eigenvalue weighted by atomic mass is 35.5. The highest BCUT2D eigenvalue weighted by Crippen LogP contribution is 2.19. The minimum Gasteiger partial charge on any atom is -0.360 e. The van der Waals surface area contributed by atoms with Crippen LogP contribution in [-0.2, 0) is 11.3 Å². The predicted octanol–water partition coefficient (Wildman–Crippen LogP) is 2.36. The molecule has 1 saturated heterocycles. The monoisotopic (exact) mass is 392 g/mol. The van der Waals surface area contributed by atoms with Crippen molar-refractivity contribution in [3.05, 3.63) is 64.1 Å². The number of halogens is 2. The number of nitrogens with one attached hydrogen (secondary N) is 1. The summed E-state index contributed by atoms with van der Waals surface area (Å²) in [6, 6.07) is 15.6. The molecule has 1 fully saturated rings. The summed E-state index contributed by atoms with van der Waals surface area (Å²) in [6.07, 6.45) is 0. The molecule has 138 valence electrons. The summed E-state index contributed by atoms with van der Waals surface area (Å²) >= 11 is 12.1. The maximum atomic E-state index is 12.5. The van der Waals surface area contributed by atoms with Crippen LogP contribution in [-0.4, -0.2) is 50.6 Å². The number of rotatable bonds is 5. The molecule has 0 spiro atoms. The second-order valence-electron chi connectivity index (χ2n) is 6.77. The second-order valence-corrected chi connectivity index (χ2v) is 7.65. The summed E-state index contributed by atoms with van der Waals surface area (Å²) in [5.41, 5.74) is 2.20. The fourth-order valence-corrected chi connectivity index (χ4v) is 3.67. The van der Waals surface area contributed by atoms with Gasteiger partial charge in [-0.1, -0.05) is 41.4 Å². The maximum absolute atomic E-state index is 12.5. The lowest BCUT2D eigenvalue weighted by Crippen LogP contribution is -3.15. The quantitative estimate of drug-likeness (QED) is 0.845. The van der Waals surface area contributed by atoms with Crippen molar-refractivity contribution in [2.24, 2.45) is 0 Å². The molecule has 0 aromatic heterocycles. The average Bonchev–Trinajstić information content (AvgIpc) is 2.62. The number of amides is 1. The van der Waals surface area contributed by atoms with Gasteiger partial charge in [-0.2, -0.15) is 0 Å². The van der Waals surface area contributed by atoms with Gasteiger partial charge in [0.15, 0.2) is 6.54 Å². The molecule has 1 N–H and O–H groups in total. The lowest BCUT2D eigenvalue weighted by Gasteiger charge is -2.34. The third-order valence-corrected chi connectivity index (χ3v) is 5.25. The lowest BCUT2D eigenvalue weighted by atomic mass is 10.2. The van der Waals surface area contributed by atoms with Crippen LogP contribution in [0.1, 0.15) is 5.56 Å². The Morgan fingerprint density at radius 3 is 2.38 bits per heavy atom. The van der Waals surface area contributed by atoms with Gasteiger partial charge in [0, 0.05) is 29.3 Å². The first kappa shape index (κ1) is 19.0. The maximum Gasteiger partial charge on any atom is 0.277 e. The van der Waals surface area contributed by atoms with Gasteiger partial charge in [0.05, 0.1) is 26.2 Å². The van der Waals surface area contributed by atoms with E-state index in [1.54, 1.807) is 4.90 Å². The first-order valence-electron chi connectivity index (χ1n) is 8.84. The van der Waals surface area contributed by atoms with Gasteiger partial charge >= 0.3 is 0 Å². The highest BCUT2D eigenvalue weighted by molar-refractivity contribution is 6.31. The molecule has 26 heavy (non-hydrogen) atoms. The van der Waals surface area contributed by atoms with Gasteiger partial charge in [0.1, 0.15) is 0 Å². The number of piperazine rings is 1. The molecular formula is C20H24Cl2N3O+. The smallest absolute Gasteiger partial charge is 0.277 e. The van der Waals surface area contributed by atoms with Gasteiger partial charge in [-0.3, -0.25) is 4.79 Å². The van der Waals surface area contributed by atoms with Crippen LogP contribution in [0.4, 0.5) is 5.69 Å². The largest absolute Gasteiger partial charge is 0.360 e. The lowest BCUT2D eigenvalue weighted by molar-refractivity contribution is -0.892. The van der Waals surface area contributed by atoms with E-state index in [-0.39, 0.29) is 5.91 Å². The van der Waals surface area contributed by atoms with Crippen molar-refractivity contribution in [2.75, 3.05) is 44.7 Å². The molecule has 1 aliphatic rings. The van der Waals surface area contributed by atoms with Crippen LogP contribution in [0.3, 0.4) is 0 Å². The van der Waals surface area contributed by atoms with E-state index in [0.29, 0.717) is 18.1 Å². The number of anilines is 1. The molecule has 0 unspecified atom stereocenters. The molecule has 4 nitrogen and oxygen atoms in total. The van der Waals surface area contributed by atoms with E-state index in [9.17, 15) is 4.79 Å². The van der Waals surface area contributed by atoms with Crippen molar-refractivity contribution in [3.8, 4) is 0 Å². The van der Waals surface area contributed by atoms with Crippen molar-refractivity contribution in [3.63, 3.8) is 0 Å². The van der Waals surface area contributed by atoms with Crippen LogP contribution in [0, 0.1) is 0 Å². The Morgan fingerprint density at radius 1 is 1.08 bits per heavy atom. The molecule has 0 radical (unpaired) electrons. The van der Waals surface area contributed by atoms with E-state index < -0.39 is 0 Å². The molecule has 2 aromatic carbocycles. The van der Waals surface area contributed by atoms with Crippen LogP contribution >= 0.6 is 23.2 Å². The number of hydrogen-bond donors (Lipinski definition) is 1. The second kappa shape index (κ2) is 8.76. The molecule has 1 heterocycles. The predicted molar refractivity (Wildman–Crippen MR) is 107 cm³/mol. The number of hydrogen-bond acceptors (Lipinski definition) is 2. The first-order valence-corrected chi connectivity index (χ1v) is 9.59. The Balaban J connectivity index is 1.48. The van der Waals surface area contributed by atoms with E-state index in [0.717, 1.165) is 42.5 Å². The molecule has 0 bridgehead atoms. The van der Waals surface area contributed by atoms with Crippen LogP contribution in [0.5, 0.6) is 0 Å². The summed E-state index contributed by atoms with van der Waals surface area (Å²) in [6.45, 7) is 4.87. The van der Waals surface area contributed by atoms with Gasteiger partial charge in [0.25, 0.3) is 5.91 Å². The van der Waals surface area contributed by atoms with Crippen molar-refractivity contribution in [1.29, 1.82) is 0 Å². The third kappa shape index (κ3) is 5.13. The Hall–Kier alpha value is -1.75. The minimum atomic E-state index is 0.163. The number of quaternary nitrogens is 1. The molecule has 6 heteroatoms. The normalized spacial score (nSPS) is 15.1. The van der Waals surface area contributed by atoms with E-state index >= 15 is 0 Å². The van der Waals surface area contributed by atoms with Crippen LogP contribution in [0.2, 0.25) is 10.0 Å². The summed E-state index contributed by atoms with van der Waals surface area (Å²) in [7, 11) is 1.85. The molecular weight excluding hydrogens is 369 g/mol. The number of carbonyl (C=O) groups excluding carboxylic acids is 1. The third-order valence-electron chi connectivity index (χ3n) is 4.78. The van der Waals surface area contributed by atoms with Crippen LogP contribution in [0.25, 0.3) is 0 Å². The Morgan fingerprint density at radius 2 is 1.73 bits per heavy atom. The van der Waals surface area contributed by atoms with E-state index in [4.69, 9.17) is 23.2 Å². The van der Waals surface area contributed by atoms with Crippen molar-refractivity contribution < 1.29 is 9.69 Å². The summed E-state index contributed by atoms with van der Waals surface area (Å²) < 4.78 is 0. The molecule has 1 amide bonds. The number of likely N-dealkylation sites (N-methyl/N-ethyl adjacent to an activating group) is 1. The number of benzene rings is 2. The zero-order valence-corrected chi connectivity index (χ0v) is 16.4. The van der Waals surface area contributed by atoms with Crippen LogP contribution < -0.4 is 9.80 Å². The molecule has 2 aromatic rings. The molecule has 0 aliphatic carbocycles. The zero-order chi connectivity index (χ0) is 18.5. The topological polar surface area (TPSA) is 28.0 Å². The van der Waals surface area contributed by atoms with Gasteiger partial charge in [-0.15, -0.1) is 0 Å². The Labute approximate surface area is 164 Å². The van der Waals surface area contributed by atoms with Crippen molar-refractivity contribution in [1.82, 2.24) is 4.90 Å². The van der Waals surface area contributed by atoms with Gasteiger partial charge in [-0.05, 0) is 35.9 Å². The number of nitrogens with zero attached hydrogens (tertiary/aromatic N) is 2. The molecule has 3 rings (SSSR count). The van der Waals surface area contributed by atoms with E-state index in [1.165, 1.54) is 4.90 Å². The molecule has 0 atom stereocenters. The molecule has 0 saturated carbocycles. The van der Waals surface area contributed by atoms with Gasteiger partial charge in [-0.25, -0.2) is 0 Å². The summed E-state index contributed by atoms with van der Waals surface area (Å²) in [5.74, 6) is 0.163. The van der Waals surface area contributed by atoms with Gasteiger partial charge < -0.3 is 14.7 Å². The summed E-state index contributed by atoms with van der Waals surface area (Å²) in [4.78, 5) is 18.0. The fourth-order valence-electron chi connectivity index (χ4n) is 3.28. The minimum absolute atomic E-state index is 0.163. The molecule has 1 aliphatic heterocycles. The zero-order valence-electron chi connectivity index (χ0n) is 14.9. The standard InChI is InChI=1S/C20H23Cl2N3O/c1-23(14-16-4-2-5-17(21)12-16)20(26)15-24-8-10-25(11-9-24)19-7-3-6-18(22)13-19/h2-7,12-13H,8-11,14-15H2,1H3/p+1. The number of carbonyl (C=O) groups is 1. The van der Waals surface area contributed by atoms with E-state index in [2.05, 4.69) is 11.0 Å². The first-order chi connectivity index (χ1) is 12.5. The van der Waals surface area contributed by atoms with Crippen molar-refractivity contribution >= 4 is 34.8 Å². The van der Waals surface area contributed by atoms with Crippen LogP contribution in [0.15, 0.2) is 48.5 Å². The average molecular weight is 393 g/mol. The Kier molecular flexibility index (Phi) is 6.41. The fraction of sp³-hybridized carbons (Fsp3) is 0.350. The summed E-state index contributed by atoms with van der Waals surface area (Å²) in [5, 5.41) is 1.46. The van der Waals surface area contributed by atoms with E-state index in [1.807, 2.05) is 49.5 Å². The van der Waals surface area contributed by atoms with Gasteiger partial charge in [0.2, 0.25) is 0 Å². The SMILES string of the molecule is CN(Cc1cccc(Cl)c1)C(=O)C[NH+]1CCN(c2cccc(Cl)c2)CC1.